The summed E-state index contributed by atoms with van der Waals surface area (Å²) in [5.74, 6) is 2.65. The molecule has 0 amide bonds. The maximum Gasteiger partial charge on any atom is 0.193 e. The zero-order valence-corrected chi connectivity index (χ0v) is 18.3. The van der Waals surface area contributed by atoms with Crippen molar-refractivity contribution in [3.8, 4) is 17.2 Å². The predicted molar refractivity (Wildman–Crippen MR) is 127 cm³/mol. The maximum atomic E-state index is 5.99. The normalized spacial score (nSPS) is 13.3. The molecule has 6 nitrogen and oxygen atoms in total. The molecule has 152 valence electrons. The lowest BCUT2D eigenvalue weighted by Crippen LogP contribution is -2.23. The third-order valence-electron chi connectivity index (χ3n) is 4.40. The van der Waals surface area contributed by atoms with Crippen LogP contribution in [0.1, 0.15) is 6.42 Å². The Kier molecular flexibility index (Phi) is 7.40. The van der Waals surface area contributed by atoms with Gasteiger partial charge in [0, 0.05) is 23.6 Å². The molecule has 0 saturated carbocycles. The van der Waals surface area contributed by atoms with Crippen LogP contribution >= 0.6 is 24.0 Å². The van der Waals surface area contributed by atoms with E-state index in [1.54, 1.807) is 0 Å². The molecule has 0 aliphatic carbocycles. The summed E-state index contributed by atoms with van der Waals surface area (Å²) in [6.07, 6.45) is 0.873. The molecule has 3 N–H and O–H groups in total. The van der Waals surface area contributed by atoms with Crippen molar-refractivity contribution in [2.75, 3.05) is 31.7 Å². The van der Waals surface area contributed by atoms with Crippen LogP contribution in [0.3, 0.4) is 0 Å². The zero-order valence-electron chi connectivity index (χ0n) is 16.0. The van der Waals surface area contributed by atoms with Gasteiger partial charge in [0.05, 0.1) is 19.8 Å². The largest absolute Gasteiger partial charge is 0.491 e. The Bertz CT molecular complexity index is 989. The summed E-state index contributed by atoms with van der Waals surface area (Å²) >= 11 is 0. The minimum absolute atomic E-state index is 0. The summed E-state index contributed by atoms with van der Waals surface area (Å²) in [6.45, 7) is 2.20. The lowest BCUT2D eigenvalue weighted by atomic mass is 10.1. The minimum atomic E-state index is 0. The fourth-order valence-electron chi connectivity index (χ4n) is 3.07. The molecule has 0 saturated heterocycles. The number of nitrogens with zero attached hydrogens (tertiary/aromatic N) is 1. The SMILES string of the molecule is I.NC(=NCCOc1cccc2ccccc12)Nc1ccc2c(c1)OCCCO2. The fraction of sp³-hybridized carbons (Fsp3) is 0.227. The van der Waals surface area contributed by atoms with Crippen LogP contribution in [0.2, 0.25) is 0 Å². The van der Waals surface area contributed by atoms with Gasteiger partial charge < -0.3 is 25.3 Å². The number of hydrogen-bond donors (Lipinski definition) is 2. The van der Waals surface area contributed by atoms with Crippen LogP contribution in [0.15, 0.2) is 65.7 Å². The van der Waals surface area contributed by atoms with E-state index in [-0.39, 0.29) is 24.0 Å². The Hall–Kier alpha value is -2.68. The van der Waals surface area contributed by atoms with Gasteiger partial charge in [-0.25, -0.2) is 4.99 Å². The number of guanidine groups is 1. The van der Waals surface area contributed by atoms with Crippen LogP contribution in [-0.4, -0.2) is 32.3 Å². The number of hydrogen-bond acceptors (Lipinski definition) is 4. The van der Waals surface area contributed by atoms with E-state index in [4.69, 9.17) is 19.9 Å². The van der Waals surface area contributed by atoms with Crippen LogP contribution in [0.25, 0.3) is 10.8 Å². The van der Waals surface area contributed by atoms with E-state index in [2.05, 4.69) is 22.4 Å². The monoisotopic (exact) mass is 505 g/mol. The topological polar surface area (TPSA) is 78.1 Å². The van der Waals surface area contributed by atoms with Crippen molar-refractivity contribution in [2.24, 2.45) is 10.7 Å². The van der Waals surface area contributed by atoms with Crippen molar-refractivity contribution < 1.29 is 14.2 Å². The second kappa shape index (κ2) is 10.2. The molecule has 7 heteroatoms. The van der Waals surface area contributed by atoms with Crippen molar-refractivity contribution in [3.05, 3.63) is 60.7 Å². The second-order valence-electron chi connectivity index (χ2n) is 6.43. The molecule has 0 fully saturated rings. The van der Waals surface area contributed by atoms with Crippen LogP contribution < -0.4 is 25.3 Å². The lowest BCUT2D eigenvalue weighted by molar-refractivity contribution is 0.297. The Labute approximate surface area is 187 Å². The predicted octanol–water partition coefficient (Wildman–Crippen LogP) is 4.42. The summed E-state index contributed by atoms with van der Waals surface area (Å²) < 4.78 is 17.2. The Morgan fingerprint density at radius 3 is 2.69 bits per heavy atom. The van der Waals surface area contributed by atoms with Crippen molar-refractivity contribution in [2.45, 2.75) is 6.42 Å². The van der Waals surface area contributed by atoms with Crippen LogP contribution in [0.5, 0.6) is 17.2 Å². The number of rotatable bonds is 5. The molecule has 29 heavy (non-hydrogen) atoms. The van der Waals surface area contributed by atoms with Gasteiger partial charge in [-0.1, -0.05) is 36.4 Å². The first-order chi connectivity index (χ1) is 13.8. The Morgan fingerprint density at radius 1 is 1.00 bits per heavy atom. The fourth-order valence-corrected chi connectivity index (χ4v) is 3.07. The van der Waals surface area contributed by atoms with Gasteiger partial charge in [0.1, 0.15) is 12.4 Å². The van der Waals surface area contributed by atoms with Crippen LogP contribution in [0, 0.1) is 0 Å². The van der Waals surface area contributed by atoms with E-state index >= 15 is 0 Å². The lowest BCUT2D eigenvalue weighted by Gasteiger charge is -2.11. The third kappa shape index (κ3) is 5.44. The second-order valence-corrected chi connectivity index (χ2v) is 6.43. The first kappa shape index (κ1) is 21.0. The highest BCUT2D eigenvalue weighted by Crippen LogP contribution is 2.32. The Morgan fingerprint density at radius 2 is 1.79 bits per heavy atom. The number of halogens is 1. The van der Waals surface area contributed by atoms with Gasteiger partial charge in [0.15, 0.2) is 17.5 Å². The number of nitrogens with two attached hydrogens (primary N) is 1. The molecule has 0 spiro atoms. The summed E-state index contributed by atoms with van der Waals surface area (Å²) in [5, 5.41) is 5.32. The van der Waals surface area contributed by atoms with E-state index in [1.807, 2.05) is 48.5 Å². The zero-order chi connectivity index (χ0) is 19.2. The Balaban J connectivity index is 0.00000240. The van der Waals surface area contributed by atoms with Crippen LogP contribution in [-0.2, 0) is 0 Å². The number of anilines is 1. The number of aliphatic imine (C=N–C) groups is 1. The standard InChI is InChI=1S/C22H23N3O3.HI/c23-22(25-17-9-10-20-21(15-17)27-13-4-12-26-20)24-11-14-28-19-8-3-6-16-5-1-2-7-18(16)19;/h1-3,5-10,15H,4,11-14H2,(H3,23,24,25);1H. The molecule has 3 aromatic rings. The smallest absolute Gasteiger partial charge is 0.193 e. The van der Waals surface area contributed by atoms with Crippen molar-refractivity contribution >= 4 is 46.4 Å². The average molecular weight is 505 g/mol. The molecule has 1 aliphatic rings. The van der Waals surface area contributed by atoms with E-state index in [9.17, 15) is 0 Å². The van der Waals surface area contributed by atoms with Gasteiger partial charge in [0.2, 0.25) is 0 Å². The molecule has 0 unspecified atom stereocenters. The van der Waals surface area contributed by atoms with E-state index in [1.165, 1.54) is 0 Å². The molecular weight excluding hydrogens is 481 g/mol. The minimum Gasteiger partial charge on any atom is -0.491 e. The number of ether oxygens (including phenoxy) is 3. The number of fused-ring (bicyclic) bond motifs is 2. The van der Waals surface area contributed by atoms with Gasteiger partial charge >= 0.3 is 0 Å². The molecule has 0 atom stereocenters. The van der Waals surface area contributed by atoms with Gasteiger partial charge in [-0.05, 0) is 23.6 Å². The molecule has 0 radical (unpaired) electrons. The highest BCUT2D eigenvalue weighted by atomic mass is 127. The highest BCUT2D eigenvalue weighted by Gasteiger charge is 2.10. The average Bonchev–Trinajstić information content (AvgIpc) is 2.96. The van der Waals surface area contributed by atoms with E-state index < -0.39 is 0 Å². The molecule has 4 rings (SSSR count). The summed E-state index contributed by atoms with van der Waals surface area (Å²) in [6, 6.07) is 19.8. The first-order valence-electron chi connectivity index (χ1n) is 9.37. The summed E-state index contributed by atoms with van der Waals surface area (Å²) in [5.41, 5.74) is 6.80. The molecule has 0 aromatic heterocycles. The molecule has 1 heterocycles. The van der Waals surface area contributed by atoms with Crippen molar-refractivity contribution in [1.29, 1.82) is 0 Å². The van der Waals surface area contributed by atoms with Crippen molar-refractivity contribution in [3.63, 3.8) is 0 Å². The molecule has 3 aromatic carbocycles. The van der Waals surface area contributed by atoms with Gasteiger partial charge in [-0.2, -0.15) is 0 Å². The first-order valence-corrected chi connectivity index (χ1v) is 9.37. The molecular formula is C22H24IN3O3. The van der Waals surface area contributed by atoms with Crippen molar-refractivity contribution in [1.82, 2.24) is 0 Å². The molecule has 1 aliphatic heterocycles. The number of nitrogens with one attached hydrogen (secondary N) is 1. The number of benzene rings is 3. The van der Waals surface area contributed by atoms with Gasteiger partial charge in [-0.3, -0.25) is 0 Å². The van der Waals surface area contributed by atoms with Gasteiger partial charge in [-0.15, -0.1) is 24.0 Å². The summed E-state index contributed by atoms with van der Waals surface area (Å²) in [7, 11) is 0. The molecule has 0 bridgehead atoms. The van der Waals surface area contributed by atoms with Gasteiger partial charge in [0.25, 0.3) is 0 Å². The van der Waals surface area contributed by atoms with E-state index in [0.717, 1.165) is 40.1 Å². The van der Waals surface area contributed by atoms with Crippen LogP contribution in [0.4, 0.5) is 5.69 Å². The van der Waals surface area contributed by atoms with E-state index in [0.29, 0.717) is 32.3 Å². The highest BCUT2D eigenvalue weighted by molar-refractivity contribution is 14.0. The maximum absolute atomic E-state index is 5.99. The summed E-state index contributed by atoms with van der Waals surface area (Å²) in [4.78, 5) is 4.33. The quantitative estimate of drug-likeness (QED) is 0.232. The third-order valence-corrected chi connectivity index (χ3v) is 4.40.